The van der Waals surface area contributed by atoms with E-state index < -0.39 is 113 Å². The van der Waals surface area contributed by atoms with Crippen molar-refractivity contribution in [2.45, 2.75) is 193 Å². The Balaban J connectivity index is -0.000000547. The number of nitrogens with one attached hydrogen (secondary N) is 3. The van der Waals surface area contributed by atoms with Gasteiger partial charge in [-0.15, -0.1) is 12.4 Å². The normalized spacial score (nSPS) is 11.9. The van der Waals surface area contributed by atoms with Gasteiger partial charge in [0.25, 0.3) is 0 Å². The number of aliphatic hydroxyl groups excluding tert-OH is 1. The summed E-state index contributed by atoms with van der Waals surface area (Å²) in [6.45, 7) is 16.0. The summed E-state index contributed by atoms with van der Waals surface area (Å²) >= 11 is 0. The number of benzene rings is 3. The molecule has 0 saturated heterocycles. The van der Waals surface area contributed by atoms with E-state index in [1.54, 1.807) is 123 Å². The Kier molecular flexibility index (Phi) is 48.2. The molecule has 3 aromatic rings. The third-order valence-corrected chi connectivity index (χ3v) is 10.7. The minimum Gasteiger partial charge on any atom is -0.481 e. The molecule has 33 heteroatoms. The van der Waals surface area contributed by atoms with E-state index in [0.717, 1.165) is 23.8 Å². The lowest BCUT2D eigenvalue weighted by Gasteiger charge is -2.20. The first-order valence-corrected chi connectivity index (χ1v) is 29.0. The zero-order valence-corrected chi connectivity index (χ0v) is 56.0. The van der Waals surface area contributed by atoms with Crippen molar-refractivity contribution in [1.29, 1.82) is 0 Å². The quantitative estimate of drug-likeness (QED) is 0.0348. The first kappa shape index (κ1) is 91.8. The maximum Gasteiger partial charge on any atom is 0.408 e. The number of ether oxygens (including phenoxy) is 6. The number of carboxylic acid groups (broad SMARTS) is 3. The standard InChI is InChI=1S/C17H24N2O5.C13H16N2O5.C13H15NO6.2C9H18N2O3.CH4O.ClH/c1-17(2,3)24-14(20)10-9-13(15(18)21)19-16(22)23-11-12-7-5-4-6-8-12;14-12(18)10(6-7-11(16)17)15-13(19)20-8-9-4-2-1-3-5-9;15-11(16)7-6-10(12(17)18)14-13(19)20-8-9-4-2-1-3-5-9;2*1-9(2,3)14-7(12)5-4-6(10)8(11)13;1-2;/h4-8,13H,9-11H2,1-3H3,(H2,18,21)(H,19,22);1-5,10H,6-8H2,(H2,14,18)(H,15,19)(H,16,17);1-5,10H,6-8H2,(H,14,19)(H,15,16)(H,17,18);2*6H,4-5,10H2,1-3H3,(H2,11,13);2H,1H3;1H/t13-;2*10-;2*6-;;/m00000../s1. The number of primary amides is 4. The Morgan fingerprint density at radius 1 is 0.379 bits per heavy atom. The van der Waals surface area contributed by atoms with Crippen molar-refractivity contribution in [1.82, 2.24) is 16.0 Å². The third-order valence-electron chi connectivity index (χ3n) is 10.7. The Bertz CT molecular complexity index is 2680. The van der Waals surface area contributed by atoms with Crippen LogP contribution in [0.3, 0.4) is 0 Å². The first-order valence-electron chi connectivity index (χ1n) is 29.0. The number of halogens is 1. The van der Waals surface area contributed by atoms with E-state index >= 15 is 0 Å². The first-order chi connectivity index (χ1) is 43.6. The number of carbonyl (C=O) groups is 13. The Morgan fingerprint density at radius 3 is 0.832 bits per heavy atom. The monoisotopic (exact) mass is 1370 g/mol. The largest absolute Gasteiger partial charge is 0.481 e. The predicted octanol–water partition coefficient (Wildman–Crippen LogP) is 3.62. The van der Waals surface area contributed by atoms with E-state index in [-0.39, 0.29) is 108 Å². The lowest BCUT2D eigenvalue weighted by Crippen LogP contribution is -2.45. The highest BCUT2D eigenvalue weighted by atomic mass is 35.5. The van der Waals surface area contributed by atoms with Gasteiger partial charge in [-0.2, -0.15) is 0 Å². The van der Waals surface area contributed by atoms with Crippen LogP contribution in [0.25, 0.3) is 0 Å². The second kappa shape index (κ2) is 49.9. The van der Waals surface area contributed by atoms with Crippen molar-refractivity contribution < 1.29 is 111 Å². The highest BCUT2D eigenvalue weighted by Crippen LogP contribution is 2.13. The predicted molar refractivity (Wildman–Crippen MR) is 345 cm³/mol. The maximum absolute atomic E-state index is 11.7. The van der Waals surface area contributed by atoms with E-state index in [2.05, 4.69) is 16.0 Å². The minimum absolute atomic E-state index is 0. The summed E-state index contributed by atoms with van der Waals surface area (Å²) in [5.74, 6) is -7.45. The van der Waals surface area contributed by atoms with Crippen molar-refractivity contribution >= 4 is 90.1 Å². The number of aliphatic carboxylic acids is 3. The van der Waals surface area contributed by atoms with E-state index in [1.807, 2.05) is 30.3 Å². The van der Waals surface area contributed by atoms with Crippen LogP contribution in [0, 0.1) is 0 Å². The second-order valence-electron chi connectivity index (χ2n) is 22.7. The molecule has 0 aliphatic rings. The molecule has 3 aromatic carbocycles. The molecule has 0 saturated carbocycles. The summed E-state index contributed by atoms with van der Waals surface area (Å²) in [7, 11) is 1.00. The van der Waals surface area contributed by atoms with Crippen molar-refractivity contribution in [2.24, 2.45) is 34.4 Å². The van der Waals surface area contributed by atoms with Crippen molar-refractivity contribution in [2.75, 3.05) is 7.11 Å². The van der Waals surface area contributed by atoms with E-state index in [9.17, 15) is 62.3 Å². The smallest absolute Gasteiger partial charge is 0.408 e. The van der Waals surface area contributed by atoms with Gasteiger partial charge in [0.05, 0.1) is 12.1 Å². The molecule has 0 aliphatic carbocycles. The van der Waals surface area contributed by atoms with E-state index in [4.69, 9.17) is 83.2 Å². The van der Waals surface area contributed by atoms with Crippen LogP contribution in [0.4, 0.5) is 14.4 Å². The maximum atomic E-state index is 11.7. The molecule has 0 fully saturated rings. The molecule has 0 heterocycles. The average Bonchev–Trinajstić information content (AvgIpc) is 1.46. The van der Waals surface area contributed by atoms with Crippen LogP contribution in [0.5, 0.6) is 0 Å². The molecule has 0 radical (unpaired) electrons. The molecule has 5 atom stereocenters. The number of esters is 3. The van der Waals surface area contributed by atoms with Crippen molar-refractivity contribution in [3.05, 3.63) is 108 Å². The van der Waals surface area contributed by atoms with Crippen LogP contribution in [0.1, 0.15) is 143 Å². The highest BCUT2D eigenvalue weighted by molar-refractivity contribution is 5.86. The van der Waals surface area contributed by atoms with Crippen LogP contribution in [-0.4, -0.2) is 152 Å². The molecule has 0 bridgehead atoms. The molecule has 7 amide bonds. The summed E-state index contributed by atoms with van der Waals surface area (Å²) in [6.07, 6.45) is -2.70. The van der Waals surface area contributed by atoms with E-state index in [0.29, 0.717) is 0 Å². The molecule has 0 aromatic heterocycles. The topological polar surface area (TPSA) is 550 Å². The summed E-state index contributed by atoms with van der Waals surface area (Å²) in [6, 6.07) is 22.1. The lowest BCUT2D eigenvalue weighted by atomic mass is 10.1. The second-order valence-corrected chi connectivity index (χ2v) is 22.7. The third kappa shape index (κ3) is 55.7. The average molecular weight is 1370 g/mol. The van der Waals surface area contributed by atoms with Crippen LogP contribution >= 0.6 is 12.4 Å². The summed E-state index contributed by atoms with van der Waals surface area (Å²) in [5, 5.41) is 39.6. The number of hydrogen-bond donors (Lipinski definition) is 13. The minimum atomic E-state index is -1.30. The fraction of sp³-hybridized carbons (Fsp3) is 0.500. The number of alkyl carbamates (subject to hydrolysis) is 3. The van der Waals surface area contributed by atoms with Crippen LogP contribution in [-0.2, 0) is 96.2 Å². The molecule has 32 nitrogen and oxygen atoms in total. The number of carboxylic acids is 3. The number of rotatable bonds is 29. The molecule has 0 spiro atoms. The van der Waals surface area contributed by atoms with Gasteiger partial charge in [0.1, 0.15) is 54.7 Å². The highest BCUT2D eigenvalue weighted by Gasteiger charge is 2.25. The molecular weight excluding hydrogens is 1270 g/mol. The molecule has 19 N–H and O–H groups in total. The van der Waals surface area contributed by atoms with Gasteiger partial charge in [-0.25, -0.2) is 19.2 Å². The van der Waals surface area contributed by atoms with Gasteiger partial charge in [0, 0.05) is 39.2 Å². The van der Waals surface area contributed by atoms with Gasteiger partial charge in [-0.1, -0.05) is 91.0 Å². The molecule has 534 valence electrons. The van der Waals surface area contributed by atoms with Crippen molar-refractivity contribution in [3.63, 3.8) is 0 Å². The SMILES string of the molecule is CC(C)(C)OC(=O)CC[C@H](N)C(N)=O.CC(C)(C)OC(=O)CC[C@H](N)C(N)=O.CC(C)(C)OC(=O)CC[C@H](NC(=O)OCc1ccccc1)C(N)=O.CO.Cl.NC(=O)[C@H](CCC(=O)O)NC(=O)OCc1ccccc1.O=C(O)CC[C@H](NC(=O)OCc1ccccc1)C(=O)O. The number of amides is 7. The van der Waals surface area contributed by atoms with E-state index in [1.165, 1.54) is 0 Å². The molecular formula is C62H96ClN9O23. The lowest BCUT2D eigenvalue weighted by molar-refractivity contribution is -0.156. The summed E-state index contributed by atoms with van der Waals surface area (Å²) in [4.78, 5) is 144. The van der Waals surface area contributed by atoms with Crippen molar-refractivity contribution in [3.8, 4) is 0 Å². The van der Waals surface area contributed by atoms with Crippen LogP contribution < -0.4 is 50.4 Å². The molecule has 3 rings (SSSR count). The van der Waals surface area contributed by atoms with Crippen LogP contribution in [0.2, 0.25) is 0 Å². The molecule has 0 aliphatic heterocycles. The number of carbonyl (C=O) groups excluding carboxylic acids is 10. The molecule has 0 unspecified atom stereocenters. The molecule has 95 heavy (non-hydrogen) atoms. The summed E-state index contributed by atoms with van der Waals surface area (Å²) < 4.78 is 30.0. The number of hydrogen-bond acceptors (Lipinski definition) is 22. The fourth-order valence-electron chi connectivity index (χ4n) is 6.36. The van der Waals surface area contributed by atoms with Gasteiger partial charge < -0.3 is 99.2 Å². The van der Waals surface area contributed by atoms with Gasteiger partial charge in [-0.05, 0) is 111 Å². The number of aliphatic hydroxyl groups is 1. The van der Waals surface area contributed by atoms with Crippen LogP contribution in [0.15, 0.2) is 91.0 Å². The number of nitrogens with two attached hydrogens (primary N) is 6. The zero-order chi connectivity index (χ0) is 72.8. The fourth-order valence-corrected chi connectivity index (χ4v) is 6.36. The van der Waals surface area contributed by atoms with Gasteiger partial charge in [-0.3, -0.25) is 43.2 Å². The zero-order valence-electron chi connectivity index (χ0n) is 55.2. The van der Waals surface area contributed by atoms with Gasteiger partial charge >= 0.3 is 54.1 Å². The Labute approximate surface area is 557 Å². The Hall–Kier alpha value is -9.66. The van der Waals surface area contributed by atoms with Gasteiger partial charge in [0.2, 0.25) is 23.6 Å². The van der Waals surface area contributed by atoms with Gasteiger partial charge in [0.15, 0.2) is 0 Å². The summed E-state index contributed by atoms with van der Waals surface area (Å²) in [5.41, 5.74) is 31.6. The Morgan fingerprint density at radius 2 is 0.611 bits per heavy atom.